The predicted octanol–water partition coefficient (Wildman–Crippen LogP) is 2.81. The highest BCUT2D eigenvalue weighted by Crippen LogP contribution is 2.20. The fraction of sp³-hybridized carbons (Fsp3) is 0.167. The summed E-state index contributed by atoms with van der Waals surface area (Å²) in [5.41, 5.74) is 1.35. The van der Waals surface area contributed by atoms with Gasteiger partial charge in [-0.2, -0.15) is 5.26 Å². The molecule has 3 nitrogen and oxygen atoms in total. The van der Waals surface area contributed by atoms with E-state index < -0.39 is 5.97 Å². The van der Waals surface area contributed by atoms with Crippen LogP contribution < -0.4 is 0 Å². The number of ether oxygens (including phenoxy) is 1. The highest BCUT2D eigenvalue weighted by molar-refractivity contribution is 6.30. The standard InChI is InChI=1S/C12H10ClNO2/c1-8(11(7-14)12(15)16-2)9-3-5-10(13)6-4-9/h3-6H,1-2H3/b11-8+. The van der Waals surface area contributed by atoms with Crippen LogP contribution in [-0.2, 0) is 9.53 Å². The van der Waals surface area contributed by atoms with Crippen molar-refractivity contribution in [2.45, 2.75) is 6.92 Å². The predicted molar refractivity (Wildman–Crippen MR) is 61.7 cm³/mol. The first-order chi connectivity index (χ1) is 7.60. The van der Waals surface area contributed by atoms with Crippen molar-refractivity contribution in [3.63, 3.8) is 0 Å². The molecule has 0 bridgehead atoms. The van der Waals surface area contributed by atoms with E-state index in [1.54, 1.807) is 31.2 Å². The summed E-state index contributed by atoms with van der Waals surface area (Å²) in [6.45, 7) is 1.69. The fourth-order valence-electron chi connectivity index (χ4n) is 1.23. The Morgan fingerprint density at radius 2 is 1.94 bits per heavy atom. The van der Waals surface area contributed by atoms with Crippen LogP contribution in [0.2, 0.25) is 5.02 Å². The van der Waals surface area contributed by atoms with E-state index in [0.29, 0.717) is 10.6 Å². The lowest BCUT2D eigenvalue weighted by molar-refractivity contribution is -0.135. The van der Waals surface area contributed by atoms with Crippen LogP contribution in [0.1, 0.15) is 12.5 Å². The van der Waals surface area contributed by atoms with E-state index in [4.69, 9.17) is 16.9 Å². The minimum atomic E-state index is -0.630. The van der Waals surface area contributed by atoms with Gasteiger partial charge in [0, 0.05) is 5.02 Å². The zero-order valence-electron chi connectivity index (χ0n) is 8.95. The summed E-state index contributed by atoms with van der Waals surface area (Å²) in [4.78, 5) is 11.3. The Morgan fingerprint density at radius 1 is 1.38 bits per heavy atom. The molecule has 4 heteroatoms. The number of carbonyl (C=O) groups is 1. The quantitative estimate of drug-likeness (QED) is 0.450. The van der Waals surface area contributed by atoms with Gasteiger partial charge in [-0.05, 0) is 30.2 Å². The SMILES string of the molecule is COC(=O)/C(C#N)=C(\C)c1ccc(Cl)cc1. The van der Waals surface area contributed by atoms with Gasteiger partial charge in [0.1, 0.15) is 11.6 Å². The number of carbonyl (C=O) groups excluding carboxylic acids is 1. The summed E-state index contributed by atoms with van der Waals surface area (Å²) < 4.78 is 4.52. The van der Waals surface area contributed by atoms with Crippen molar-refractivity contribution in [2.24, 2.45) is 0 Å². The third-order valence-electron chi connectivity index (χ3n) is 2.15. The number of allylic oxidation sites excluding steroid dienone is 1. The highest BCUT2D eigenvalue weighted by Gasteiger charge is 2.13. The number of methoxy groups -OCH3 is 1. The van der Waals surface area contributed by atoms with Gasteiger partial charge in [-0.3, -0.25) is 0 Å². The normalized spacial score (nSPS) is 11.4. The Balaban J connectivity index is 3.21. The lowest BCUT2D eigenvalue weighted by atomic mass is 10.0. The second-order valence-electron chi connectivity index (χ2n) is 3.11. The number of hydrogen-bond acceptors (Lipinski definition) is 3. The van der Waals surface area contributed by atoms with Crippen molar-refractivity contribution < 1.29 is 9.53 Å². The van der Waals surface area contributed by atoms with Gasteiger partial charge in [0.2, 0.25) is 0 Å². The minimum absolute atomic E-state index is 0.00447. The molecule has 0 fully saturated rings. The lowest BCUT2D eigenvalue weighted by Crippen LogP contribution is -2.05. The molecule has 0 amide bonds. The topological polar surface area (TPSA) is 50.1 Å². The van der Waals surface area contributed by atoms with E-state index in [1.165, 1.54) is 7.11 Å². The number of benzene rings is 1. The molecule has 0 radical (unpaired) electrons. The molecule has 0 N–H and O–H groups in total. The second-order valence-corrected chi connectivity index (χ2v) is 3.55. The van der Waals surface area contributed by atoms with Crippen LogP contribution in [0.4, 0.5) is 0 Å². The molecular formula is C12H10ClNO2. The summed E-state index contributed by atoms with van der Waals surface area (Å²) >= 11 is 5.75. The Kier molecular flexibility index (Phi) is 4.10. The van der Waals surface area contributed by atoms with Crippen LogP contribution >= 0.6 is 11.6 Å². The summed E-state index contributed by atoms with van der Waals surface area (Å²) in [5.74, 6) is -0.630. The number of esters is 1. The number of rotatable bonds is 2. The molecule has 0 aromatic heterocycles. The van der Waals surface area contributed by atoms with E-state index in [9.17, 15) is 4.79 Å². The molecule has 0 aliphatic rings. The smallest absolute Gasteiger partial charge is 0.348 e. The molecule has 0 unspecified atom stereocenters. The maximum absolute atomic E-state index is 11.3. The first-order valence-corrected chi connectivity index (χ1v) is 4.93. The number of hydrogen-bond donors (Lipinski definition) is 0. The zero-order chi connectivity index (χ0) is 12.1. The number of nitriles is 1. The first kappa shape index (κ1) is 12.3. The molecule has 0 saturated heterocycles. The van der Waals surface area contributed by atoms with Gasteiger partial charge in [0.25, 0.3) is 0 Å². The van der Waals surface area contributed by atoms with E-state index in [-0.39, 0.29) is 5.57 Å². The van der Waals surface area contributed by atoms with Gasteiger partial charge in [-0.25, -0.2) is 4.79 Å². The third kappa shape index (κ3) is 2.62. The molecule has 1 rings (SSSR count). The van der Waals surface area contributed by atoms with Gasteiger partial charge in [0.15, 0.2) is 0 Å². The van der Waals surface area contributed by atoms with E-state index >= 15 is 0 Å². The summed E-state index contributed by atoms with van der Waals surface area (Å²) in [7, 11) is 1.24. The molecule has 82 valence electrons. The zero-order valence-corrected chi connectivity index (χ0v) is 9.71. The van der Waals surface area contributed by atoms with Crippen molar-refractivity contribution >= 4 is 23.1 Å². The summed E-state index contributed by atoms with van der Waals surface area (Å²) in [5, 5.41) is 9.48. The van der Waals surface area contributed by atoms with Gasteiger partial charge in [-0.1, -0.05) is 23.7 Å². The molecule has 0 saturated carbocycles. The van der Waals surface area contributed by atoms with Crippen LogP contribution in [0.5, 0.6) is 0 Å². The van der Waals surface area contributed by atoms with Crippen molar-refractivity contribution in [1.29, 1.82) is 5.26 Å². The Morgan fingerprint density at radius 3 is 2.38 bits per heavy atom. The fourth-order valence-corrected chi connectivity index (χ4v) is 1.35. The maximum Gasteiger partial charge on any atom is 0.348 e. The van der Waals surface area contributed by atoms with Crippen LogP contribution in [0.15, 0.2) is 29.8 Å². The van der Waals surface area contributed by atoms with E-state index in [0.717, 1.165) is 5.56 Å². The Labute approximate surface area is 98.9 Å². The molecule has 0 spiro atoms. The number of halogens is 1. The summed E-state index contributed by atoms with van der Waals surface area (Å²) in [6.07, 6.45) is 0. The monoisotopic (exact) mass is 235 g/mol. The van der Waals surface area contributed by atoms with Gasteiger partial charge >= 0.3 is 5.97 Å². The molecule has 1 aromatic carbocycles. The van der Waals surface area contributed by atoms with Crippen molar-refractivity contribution in [3.05, 3.63) is 40.4 Å². The largest absolute Gasteiger partial charge is 0.465 e. The molecule has 0 heterocycles. The maximum atomic E-state index is 11.3. The van der Waals surface area contributed by atoms with Crippen LogP contribution in [-0.4, -0.2) is 13.1 Å². The van der Waals surface area contributed by atoms with Crippen molar-refractivity contribution in [3.8, 4) is 6.07 Å². The molecular weight excluding hydrogens is 226 g/mol. The van der Waals surface area contributed by atoms with E-state index in [1.807, 2.05) is 6.07 Å². The minimum Gasteiger partial charge on any atom is -0.465 e. The highest BCUT2D eigenvalue weighted by atomic mass is 35.5. The average molecular weight is 236 g/mol. The average Bonchev–Trinajstić information content (AvgIpc) is 2.30. The van der Waals surface area contributed by atoms with Crippen molar-refractivity contribution in [2.75, 3.05) is 7.11 Å². The molecule has 1 aromatic rings. The third-order valence-corrected chi connectivity index (χ3v) is 2.41. The van der Waals surface area contributed by atoms with Crippen LogP contribution in [0.3, 0.4) is 0 Å². The van der Waals surface area contributed by atoms with Gasteiger partial charge in [0.05, 0.1) is 7.11 Å². The van der Waals surface area contributed by atoms with Crippen molar-refractivity contribution in [1.82, 2.24) is 0 Å². The first-order valence-electron chi connectivity index (χ1n) is 4.55. The second kappa shape index (κ2) is 5.34. The molecule has 0 atom stereocenters. The number of nitrogens with zero attached hydrogens (tertiary/aromatic N) is 1. The van der Waals surface area contributed by atoms with Crippen LogP contribution in [0.25, 0.3) is 5.57 Å². The molecule has 16 heavy (non-hydrogen) atoms. The van der Waals surface area contributed by atoms with E-state index in [2.05, 4.69) is 4.74 Å². The van der Waals surface area contributed by atoms with Crippen LogP contribution in [0, 0.1) is 11.3 Å². The molecule has 0 aliphatic heterocycles. The lowest BCUT2D eigenvalue weighted by Gasteiger charge is -2.04. The van der Waals surface area contributed by atoms with Gasteiger partial charge in [-0.15, -0.1) is 0 Å². The summed E-state index contributed by atoms with van der Waals surface area (Å²) in [6, 6.07) is 8.74. The van der Waals surface area contributed by atoms with Gasteiger partial charge < -0.3 is 4.74 Å². The molecule has 0 aliphatic carbocycles. The Hall–Kier alpha value is -1.79. The Bertz CT molecular complexity index is 469.